The number of aromatic nitrogens is 1. The summed E-state index contributed by atoms with van der Waals surface area (Å²) in [6, 6.07) is 10.8. The first-order valence-corrected chi connectivity index (χ1v) is 9.61. The molecule has 4 rings (SSSR count). The van der Waals surface area contributed by atoms with Crippen molar-refractivity contribution in [2.75, 3.05) is 16.8 Å². The van der Waals surface area contributed by atoms with Gasteiger partial charge in [0.1, 0.15) is 5.82 Å². The Morgan fingerprint density at radius 3 is 2.79 bits per heavy atom. The SMILES string of the molecule is O=C(c1cccnc1NC1CCCC(C(F)(F)F)C1)N1CCc2ccccc21. The topological polar surface area (TPSA) is 45.2 Å². The number of pyridine rings is 1. The van der Waals surface area contributed by atoms with Crippen molar-refractivity contribution in [1.82, 2.24) is 4.98 Å². The Bertz CT molecular complexity index is 868. The van der Waals surface area contributed by atoms with Gasteiger partial charge in [0.25, 0.3) is 5.91 Å². The molecule has 1 N–H and O–H groups in total. The molecule has 0 spiro atoms. The molecule has 148 valence electrons. The fraction of sp³-hybridized carbons (Fsp3) is 0.429. The summed E-state index contributed by atoms with van der Waals surface area (Å²) in [4.78, 5) is 19.1. The second-order valence-electron chi connectivity index (χ2n) is 7.48. The lowest BCUT2D eigenvalue weighted by Crippen LogP contribution is -2.36. The van der Waals surface area contributed by atoms with Crippen LogP contribution >= 0.6 is 0 Å². The van der Waals surface area contributed by atoms with Gasteiger partial charge in [-0.1, -0.05) is 24.6 Å². The highest BCUT2D eigenvalue weighted by Crippen LogP contribution is 2.38. The predicted molar refractivity (Wildman–Crippen MR) is 101 cm³/mol. The van der Waals surface area contributed by atoms with E-state index >= 15 is 0 Å². The standard InChI is InChI=1S/C21H22F3N3O/c22-21(23,24)15-6-3-7-16(13-15)26-19-17(8-4-11-25-19)20(28)27-12-10-14-5-1-2-9-18(14)27/h1-2,4-5,8-9,11,15-16H,3,6-7,10,12-13H2,(H,25,26). The van der Waals surface area contributed by atoms with E-state index in [-0.39, 0.29) is 24.8 Å². The third-order valence-electron chi connectivity index (χ3n) is 5.65. The summed E-state index contributed by atoms with van der Waals surface area (Å²) in [6.45, 7) is 0.589. The largest absolute Gasteiger partial charge is 0.391 e. The summed E-state index contributed by atoms with van der Waals surface area (Å²) in [5.74, 6) is -1.11. The number of hydrogen-bond acceptors (Lipinski definition) is 3. The van der Waals surface area contributed by atoms with Gasteiger partial charge in [0.15, 0.2) is 0 Å². The zero-order valence-corrected chi connectivity index (χ0v) is 15.4. The van der Waals surface area contributed by atoms with Gasteiger partial charge in [0.05, 0.1) is 11.5 Å². The van der Waals surface area contributed by atoms with Crippen LogP contribution in [-0.2, 0) is 6.42 Å². The third kappa shape index (κ3) is 3.70. The van der Waals surface area contributed by atoms with Crippen LogP contribution in [0.1, 0.15) is 41.6 Å². The van der Waals surface area contributed by atoms with Crippen LogP contribution in [-0.4, -0.2) is 29.7 Å². The van der Waals surface area contributed by atoms with Crippen LogP contribution in [0.25, 0.3) is 0 Å². The summed E-state index contributed by atoms with van der Waals surface area (Å²) in [7, 11) is 0. The summed E-state index contributed by atoms with van der Waals surface area (Å²) in [5, 5.41) is 3.12. The molecule has 1 aliphatic carbocycles. The Labute approximate surface area is 161 Å². The number of nitrogens with one attached hydrogen (secondary N) is 1. The predicted octanol–water partition coefficient (Wildman–Crippen LogP) is 4.82. The van der Waals surface area contributed by atoms with E-state index in [4.69, 9.17) is 0 Å². The van der Waals surface area contributed by atoms with Gasteiger partial charge in [-0.3, -0.25) is 4.79 Å². The van der Waals surface area contributed by atoms with E-state index in [1.807, 2.05) is 24.3 Å². The molecule has 2 heterocycles. The molecule has 1 aromatic heterocycles. The minimum atomic E-state index is -4.18. The molecule has 4 nitrogen and oxygen atoms in total. The van der Waals surface area contributed by atoms with E-state index in [9.17, 15) is 18.0 Å². The van der Waals surface area contributed by atoms with Gasteiger partial charge in [0, 0.05) is 24.5 Å². The van der Waals surface area contributed by atoms with Gasteiger partial charge in [-0.05, 0) is 49.4 Å². The number of fused-ring (bicyclic) bond motifs is 1. The quantitative estimate of drug-likeness (QED) is 0.819. The lowest BCUT2D eigenvalue weighted by molar-refractivity contribution is -0.182. The first-order valence-electron chi connectivity index (χ1n) is 9.61. The molecule has 0 saturated heterocycles. The van der Waals surface area contributed by atoms with Crippen molar-refractivity contribution in [3.8, 4) is 0 Å². The molecule has 28 heavy (non-hydrogen) atoms. The Balaban J connectivity index is 1.54. The Morgan fingerprint density at radius 1 is 1.14 bits per heavy atom. The smallest absolute Gasteiger partial charge is 0.367 e. The van der Waals surface area contributed by atoms with Gasteiger partial charge < -0.3 is 10.2 Å². The molecule has 0 radical (unpaired) electrons. The molecule has 0 bridgehead atoms. The lowest BCUT2D eigenvalue weighted by Gasteiger charge is -2.31. The molecule has 2 aromatic rings. The number of nitrogens with zero attached hydrogens (tertiary/aromatic N) is 2. The molecule has 7 heteroatoms. The van der Waals surface area contributed by atoms with Gasteiger partial charge in [-0.25, -0.2) is 4.98 Å². The number of carbonyl (C=O) groups is 1. The summed E-state index contributed by atoms with van der Waals surface area (Å²) in [6.07, 6.45) is -0.494. The number of hydrogen-bond donors (Lipinski definition) is 1. The molecule has 2 unspecified atom stereocenters. The molecule has 1 saturated carbocycles. The van der Waals surface area contributed by atoms with Crippen LogP contribution in [0, 0.1) is 5.92 Å². The molecule has 2 aliphatic rings. The van der Waals surface area contributed by atoms with E-state index in [0.717, 1.165) is 17.7 Å². The summed E-state index contributed by atoms with van der Waals surface area (Å²) in [5.41, 5.74) is 2.40. The van der Waals surface area contributed by atoms with Crippen molar-refractivity contribution in [3.63, 3.8) is 0 Å². The van der Waals surface area contributed by atoms with Gasteiger partial charge >= 0.3 is 6.18 Å². The van der Waals surface area contributed by atoms with E-state index < -0.39 is 12.1 Å². The number of halogens is 3. The monoisotopic (exact) mass is 389 g/mol. The van der Waals surface area contributed by atoms with Crippen molar-refractivity contribution >= 4 is 17.4 Å². The molecular weight excluding hydrogens is 367 g/mol. The second kappa shape index (κ2) is 7.45. The van der Waals surface area contributed by atoms with Crippen LogP contribution in [0.5, 0.6) is 0 Å². The molecular formula is C21H22F3N3O. The van der Waals surface area contributed by atoms with Crippen LogP contribution in [0.3, 0.4) is 0 Å². The van der Waals surface area contributed by atoms with Crippen molar-refractivity contribution < 1.29 is 18.0 Å². The minimum Gasteiger partial charge on any atom is -0.367 e. The number of alkyl halides is 3. The highest BCUT2D eigenvalue weighted by Gasteiger charge is 2.42. The average Bonchev–Trinajstić information content (AvgIpc) is 3.12. The highest BCUT2D eigenvalue weighted by atomic mass is 19.4. The molecule has 1 aromatic carbocycles. The number of amides is 1. The minimum absolute atomic E-state index is 0.0141. The maximum absolute atomic E-state index is 13.2. The van der Waals surface area contributed by atoms with E-state index in [0.29, 0.717) is 30.8 Å². The van der Waals surface area contributed by atoms with Gasteiger partial charge in [-0.2, -0.15) is 13.2 Å². The average molecular weight is 389 g/mol. The normalized spacial score (nSPS) is 22.0. The first kappa shape index (κ1) is 18.8. The zero-order valence-electron chi connectivity index (χ0n) is 15.4. The van der Waals surface area contributed by atoms with Crippen LogP contribution < -0.4 is 10.2 Å². The van der Waals surface area contributed by atoms with Crippen LogP contribution in [0.2, 0.25) is 0 Å². The molecule has 2 atom stereocenters. The maximum Gasteiger partial charge on any atom is 0.391 e. The number of benzene rings is 1. The molecule has 1 fully saturated rings. The summed E-state index contributed by atoms with van der Waals surface area (Å²) >= 11 is 0. The van der Waals surface area contributed by atoms with Crippen molar-refractivity contribution in [3.05, 3.63) is 53.7 Å². The number of rotatable bonds is 3. The maximum atomic E-state index is 13.2. The van der Waals surface area contributed by atoms with Crippen molar-refractivity contribution in [2.24, 2.45) is 5.92 Å². The fourth-order valence-electron chi connectivity index (χ4n) is 4.20. The second-order valence-corrected chi connectivity index (χ2v) is 7.48. The number of para-hydroxylation sites is 1. The molecule has 1 aliphatic heterocycles. The lowest BCUT2D eigenvalue weighted by atomic mass is 9.85. The van der Waals surface area contributed by atoms with Gasteiger partial charge in [-0.15, -0.1) is 0 Å². The van der Waals surface area contributed by atoms with E-state index in [2.05, 4.69) is 10.3 Å². The third-order valence-corrected chi connectivity index (χ3v) is 5.65. The zero-order chi connectivity index (χ0) is 19.7. The number of carbonyl (C=O) groups excluding carboxylic acids is 1. The van der Waals surface area contributed by atoms with Crippen molar-refractivity contribution in [1.29, 1.82) is 0 Å². The van der Waals surface area contributed by atoms with Crippen LogP contribution in [0.4, 0.5) is 24.7 Å². The fourth-order valence-corrected chi connectivity index (χ4v) is 4.20. The van der Waals surface area contributed by atoms with E-state index in [1.165, 1.54) is 0 Å². The highest BCUT2D eigenvalue weighted by molar-refractivity contribution is 6.10. The van der Waals surface area contributed by atoms with Crippen molar-refractivity contribution in [2.45, 2.75) is 44.3 Å². The Morgan fingerprint density at radius 2 is 1.96 bits per heavy atom. The van der Waals surface area contributed by atoms with Gasteiger partial charge in [0.2, 0.25) is 0 Å². The Kier molecular flexibility index (Phi) is 5.00. The Hall–Kier alpha value is -2.57. The van der Waals surface area contributed by atoms with E-state index in [1.54, 1.807) is 23.2 Å². The molecule has 1 amide bonds. The number of anilines is 2. The van der Waals surface area contributed by atoms with Crippen LogP contribution in [0.15, 0.2) is 42.6 Å². The summed E-state index contributed by atoms with van der Waals surface area (Å²) < 4.78 is 39.3. The first-order chi connectivity index (χ1) is 13.4.